The van der Waals surface area contributed by atoms with E-state index >= 15 is 0 Å². The number of carbonyl (C=O) groups is 2. The number of alkyl halides is 3. The van der Waals surface area contributed by atoms with Crippen molar-refractivity contribution in [3.05, 3.63) is 35.4 Å². The highest BCUT2D eigenvalue weighted by Crippen LogP contribution is 2.29. The van der Waals surface area contributed by atoms with Crippen LogP contribution >= 0.6 is 11.8 Å². The average molecular weight is 390 g/mol. The van der Waals surface area contributed by atoms with E-state index in [2.05, 4.69) is 0 Å². The van der Waals surface area contributed by atoms with Crippen LogP contribution in [0, 0.1) is 0 Å². The highest BCUT2D eigenvalue weighted by Gasteiger charge is 2.30. The molecule has 0 spiro atoms. The summed E-state index contributed by atoms with van der Waals surface area (Å²) in [5, 5.41) is 0. The minimum atomic E-state index is -4.41. The molecule has 2 amide bonds. The summed E-state index contributed by atoms with van der Waals surface area (Å²) in [7, 11) is 1.53. The van der Waals surface area contributed by atoms with Crippen molar-refractivity contribution in [3.63, 3.8) is 0 Å². The van der Waals surface area contributed by atoms with Crippen LogP contribution in [0.1, 0.15) is 11.1 Å². The molecule has 1 fully saturated rings. The molecular weight excluding hydrogens is 369 g/mol. The first-order valence-corrected chi connectivity index (χ1v) is 9.26. The number of benzene rings is 1. The van der Waals surface area contributed by atoms with Crippen molar-refractivity contribution in [2.45, 2.75) is 12.7 Å². The van der Waals surface area contributed by atoms with Crippen LogP contribution in [0.25, 0.3) is 0 Å². The molecule has 1 aromatic carbocycles. The number of halogens is 3. The van der Waals surface area contributed by atoms with E-state index < -0.39 is 11.7 Å². The van der Waals surface area contributed by atoms with Crippen LogP contribution in [0.5, 0.6) is 0 Å². The Kier molecular flexibility index (Phi) is 7.33. The number of amides is 2. The SMILES string of the molecule is CN(Cc1cccc(C(F)(F)F)c1)C(=O)CSCC(=O)N1CCOCC1. The van der Waals surface area contributed by atoms with Crippen LogP contribution in [0.3, 0.4) is 0 Å². The summed E-state index contributed by atoms with van der Waals surface area (Å²) < 4.78 is 43.4. The molecule has 0 unspecified atom stereocenters. The molecule has 0 aliphatic carbocycles. The zero-order valence-corrected chi connectivity index (χ0v) is 15.2. The first-order chi connectivity index (χ1) is 12.3. The van der Waals surface area contributed by atoms with Crippen molar-refractivity contribution in [1.82, 2.24) is 9.80 Å². The molecule has 1 saturated heterocycles. The van der Waals surface area contributed by atoms with Gasteiger partial charge in [0, 0.05) is 26.7 Å². The van der Waals surface area contributed by atoms with Crippen LogP contribution in [0.4, 0.5) is 13.2 Å². The summed E-state index contributed by atoms with van der Waals surface area (Å²) in [4.78, 5) is 27.2. The van der Waals surface area contributed by atoms with Gasteiger partial charge in [-0.15, -0.1) is 11.8 Å². The minimum Gasteiger partial charge on any atom is -0.378 e. The average Bonchev–Trinajstić information content (AvgIpc) is 2.61. The summed E-state index contributed by atoms with van der Waals surface area (Å²) in [6.07, 6.45) is -4.41. The van der Waals surface area contributed by atoms with E-state index in [4.69, 9.17) is 4.74 Å². The largest absolute Gasteiger partial charge is 0.416 e. The van der Waals surface area contributed by atoms with Crippen molar-refractivity contribution in [2.24, 2.45) is 0 Å². The standard InChI is InChI=1S/C17H21F3N2O3S/c1-21(10-13-3-2-4-14(9-13)17(18,19)20)15(23)11-26-12-16(24)22-5-7-25-8-6-22/h2-4,9H,5-8,10-12H2,1H3. The van der Waals surface area contributed by atoms with E-state index in [0.29, 0.717) is 31.9 Å². The number of nitrogens with zero attached hydrogens (tertiary/aromatic N) is 2. The van der Waals surface area contributed by atoms with Crippen molar-refractivity contribution >= 4 is 23.6 Å². The zero-order chi connectivity index (χ0) is 19.2. The number of ether oxygens (including phenoxy) is 1. The molecule has 0 saturated carbocycles. The maximum atomic E-state index is 12.7. The topological polar surface area (TPSA) is 49.9 Å². The van der Waals surface area contributed by atoms with E-state index in [9.17, 15) is 22.8 Å². The van der Waals surface area contributed by atoms with Crippen molar-refractivity contribution in [3.8, 4) is 0 Å². The molecule has 0 radical (unpaired) electrons. The lowest BCUT2D eigenvalue weighted by atomic mass is 10.1. The Bertz CT molecular complexity index is 634. The van der Waals surface area contributed by atoms with E-state index in [1.165, 1.54) is 29.8 Å². The lowest BCUT2D eigenvalue weighted by Crippen LogP contribution is -2.41. The molecule has 9 heteroatoms. The van der Waals surface area contributed by atoms with Gasteiger partial charge in [0.2, 0.25) is 11.8 Å². The van der Waals surface area contributed by atoms with Gasteiger partial charge in [-0.3, -0.25) is 9.59 Å². The third kappa shape index (κ3) is 6.21. The molecule has 2 rings (SSSR count). The highest BCUT2D eigenvalue weighted by molar-refractivity contribution is 8.00. The van der Waals surface area contributed by atoms with Gasteiger partial charge in [0.15, 0.2) is 0 Å². The van der Waals surface area contributed by atoms with E-state index in [0.717, 1.165) is 12.1 Å². The molecule has 0 atom stereocenters. The zero-order valence-electron chi connectivity index (χ0n) is 14.4. The Morgan fingerprint density at radius 3 is 2.58 bits per heavy atom. The van der Waals surface area contributed by atoms with E-state index in [1.54, 1.807) is 11.0 Å². The Morgan fingerprint density at radius 1 is 1.23 bits per heavy atom. The molecule has 144 valence electrons. The lowest BCUT2D eigenvalue weighted by Gasteiger charge is -2.26. The van der Waals surface area contributed by atoms with Crippen molar-refractivity contribution in [2.75, 3.05) is 44.9 Å². The molecule has 1 aliphatic heterocycles. The quantitative estimate of drug-likeness (QED) is 0.748. The Morgan fingerprint density at radius 2 is 1.92 bits per heavy atom. The second-order valence-electron chi connectivity index (χ2n) is 5.93. The Labute approximate surface area is 154 Å². The fourth-order valence-electron chi connectivity index (χ4n) is 2.45. The summed E-state index contributed by atoms with van der Waals surface area (Å²) in [5.74, 6) is 0.0307. The normalized spacial score (nSPS) is 15.0. The molecule has 0 aromatic heterocycles. The molecule has 0 N–H and O–H groups in total. The van der Waals surface area contributed by atoms with Gasteiger partial charge in [-0.25, -0.2) is 0 Å². The monoisotopic (exact) mass is 390 g/mol. The molecule has 5 nitrogen and oxygen atoms in total. The maximum absolute atomic E-state index is 12.7. The molecule has 26 heavy (non-hydrogen) atoms. The Balaban J connectivity index is 1.78. The molecule has 1 aromatic rings. The number of carbonyl (C=O) groups excluding carboxylic acids is 2. The number of thioether (sulfide) groups is 1. The number of morpholine rings is 1. The first-order valence-electron chi connectivity index (χ1n) is 8.11. The first kappa shape index (κ1) is 20.6. The van der Waals surface area contributed by atoms with Gasteiger partial charge >= 0.3 is 6.18 Å². The number of hydrogen-bond acceptors (Lipinski definition) is 4. The van der Waals surface area contributed by atoms with Crippen LogP contribution in [-0.2, 0) is 27.0 Å². The van der Waals surface area contributed by atoms with Gasteiger partial charge in [0.1, 0.15) is 0 Å². The van der Waals surface area contributed by atoms with Crippen molar-refractivity contribution < 1.29 is 27.5 Å². The molecular formula is C17H21F3N2O3S. The van der Waals surface area contributed by atoms with Gasteiger partial charge in [-0.05, 0) is 17.7 Å². The van der Waals surface area contributed by atoms with Gasteiger partial charge in [-0.1, -0.05) is 12.1 Å². The molecule has 1 aliphatic rings. The van der Waals surface area contributed by atoms with E-state index in [1.807, 2.05) is 0 Å². The number of rotatable bonds is 6. The maximum Gasteiger partial charge on any atom is 0.416 e. The summed E-state index contributed by atoms with van der Waals surface area (Å²) in [6, 6.07) is 4.91. The smallest absolute Gasteiger partial charge is 0.378 e. The second kappa shape index (κ2) is 9.27. The fraction of sp³-hybridized carbons (Fsp3) is 0.529. The Hall–Kier alpha value is -1.74. The van der Waals surface area contributed by atoms with Crippen LogP contribution in [-0.4, -0.2) is 66.5 Å². The predicted molar refractivity (Wildman–Crippen MR) is 92.6 cm³/mol. The van der Waals surface area contributed by atoms with E-state index in [-0.39, 0.29) is 29.9 Å². The van der Waals surface area contributed by atoms with Crippen LogP contribution in [0.15, 0.2) is 24.3 Å². The third-order valence-electron chi connectivity index (χ3n) is 3.91. The van der Waals surface area contributed by atoms with Crippen molar-refractivity contribution in [1.29, 1.82) is 0 Å². The molecule has 1 heterocycles. The summed E-state index contributed by atoms with van der Waals surface area (Å²) >= 11 is 1.21. The molecule has 0 bridgehead atoms. The highest BCUT2D eigenvalue weighted by atomic mass is 32.2. The third-order valence-corrected chi connectivity index (χ3v) is 4.82. The minimum absolute atomic E-state index is 0.0355. The number of hydrogen-bond donors (Lipinski definition) is 0. The van der Waals surface area contributed by atoms with Gasteiger partial charge < -0.3 is 14.5 Å². The summed E-state index contributed by atoms with van der Waals surface area (Å²) in [5.41, 5.74) is -0.327. The second-order valence-corrected chi connectivity index (χ2v) is 6.92. The summed E-state index contributed by atoms with van der Waals surface area (Å²) in [6.45, 7) is 2.25. The fourth-order valence-corrected chi connectivity index (χ4v) is 3.30. The van der Waals surface area contributed by atoms with Crippen LogP contribution < -0.4 is 0 Å². The lowest BCUT2D eigenvalue weighted by molar-refractivity contribution is -0.137. The predicted octanol–water partition coefficient (Wildman–Crippen LogP) is 2.26. The van der Waals surface area contributed by atoms with Gasteiger partial charge in [0.25, 0.3) is 0 Å². The van der Waals surface area contributed by atoms with Gasteiger partial charge in [-0.2, -0.15) is 13.2 Å². The van der Waals surface area contributed by atoms with Gasteiger partial charge in [0.05, 0.1) is 30.3 Å². The van der Waals surface area contributed by atoms with Crippen LogP contribution in [0.2, 0.25) is 0 Å².